The zero-order chi connectivity index (χ0) is 29.0. The van der Waals surface area contributed by atoms with Gasteiger partial charge in [0.1, 0.15) is 12.4 Å². The van der Waals surface area contributed by atoms with Gasteiger partial charge in [-0.3, -0.25) is 4.79 Å². The van der Waals surface area contributed by atoms with Gasteiger partial charge in [-0.15, -0.1) is 0 Å². The SMILES string of the molecule is CC(C)[Si](OC1CCC(N2CCC(Cc3c(Cl)cc(OCc4ccccc4)cc3Cl)C2=O)CC1)(C(C)C)C(C)C. The van der Waals surface area contributed by atoms with Crippen molar-refractivity contribution in [1.29, 1.82) is 0 Å². The van der Waals surface area contributed by atoms with E-state index in [-0.39, 0.29) is 11.8 Å². The smallest absolute Gasteiger partial charge is 0.226 e. The summed E-state index contributed by atoms with van der Waals surface area (Å²) in [5.74, 6) is 0.805. The second kappa shape index (κ2) is 13.6. The molecule has 1 unspecified atom stereocenters. The lowest BCUT2D eigenvalue weighted by atomic mass is 9.92. The van der Waals surface area contributed by atoms with Crippen molar-refractivity contribution in [2.45, 2.75) is 115 Å². The van der Waals surface area contributed by atoms with Crippen molar-refractivity contribution in [2.75, 3.05) is 6.54 Å². The number of hydrogen-bond donors (Lipinski definition) is 0. The van der Waals surface area contributed by atoms with Crippen molar-refractivity contribution in [1.82, 2.24) is 4.90 Å². The molecule has 1 aliphatic heterocycles. The van der Waals surface area contributed by atoms with Crippen LogP contribution >= 0.6 is 23.2 Å². The first-order valence-electron chi connectivity index (χ1n) is 15.2. The Morgan fingerprint density at radius 1 is 0.875 bits per heavy atom. The molecule has 0 N–H and O–H groups in total. The summed E-state index contributed by atoms with van der Waals surface area (Å²) in [5, 5.41) is 1.13. The van der Waals surface area contributed by atoms with Gasteiger partial charge in [-0.25, -0.2) is 0 Å². The number of likely N-dealkylation sites (tertiary alicyclic amines) is 1. The van der Waals surface area contributed by atoms with Gasteiger partial charge in [-0.05, 0) is 78.4 Å². The van der Waals surface area contributed by atoms with Crippen LogP contribution < -0.4 is 4.74 Å². The van der Waals surface area contributed by atoms with Gasteiger partial charge < -0.3 is 14.1 Å². The monoisotopic (exact) mass is 603 g/mol. The lowest BCUT2D eigenvalue weighted by Crippen LogP contribution is -2.51. The lowest BCUT2D eigenvalue weighted by Gasteiger charge is -2.46. The second-order valence-electron chi connectivity index (χ2n) is 12.7. The van der Waals surface area contributed by atoms with Crippen molar-refractivity contribution in [3.05, 3.63) is 63.6 Å². The van der Waals surface area contributed by atoms with Crippen LogP contribution in [0.1, 0.15) is 84.8 Å². The molecule has 2 fully saturated rings. The standard InChI is InChI=1S/C33H47Cl2NO3Si/c1-22(2)40(23(3)4,24(5)6)39-28-14-12-27(13-15-28)36-17-16-26(33(36)37)18-30-31(34)19-29(20-32(30)35)38-21-25-10-8-7-9-11-25/h7-11,19-20,22-24,26-28H,12-18,21H2,1-6H3. The highest BCUT2D eigenvalue weighted by Gasteiger charge is 2.47. The molecule has 1 saturated heterocycles. The molecule has 0 aromatic heterocycles. The summed E-state index contributed by atoms with van der Waals surface area (Å²) in [6.45, 7) is 15.4. The molecule has 1 saturated carbocycles. The van der Waals surface area contributed by atoms with E-state index in [0.717, 1.165) is 49.8 Å². The van der Waals surface area contributed by atoms with Gasteiger partial charge in [0.25, 0.3) is 0 Å². The molecule has 1 atom stereocenters. The third-order valence-electron chi connectivity index (χ3n) is 9.33. The number of nitrogens with zero attached hydrogens (tertiary/aromatic N) is 1. The molecule has 2 aliphatic rings. The normalized spacial score (nSPS) is 22.1. The first-order chi connectivity index (χ1) is 19.0. The van der Waals surface area contributed by atoms with Gasteiger partial charge in [-0.1, -0.05) is 95.1 Å². The topological polar surface area (TPSA) is 38.8 Å². The predicted molar refractivity (Wildman–Crippen MR) is 169 cm³/mol. The summed E-state index contributed by atoms with van der Waals surface area (Å²) >= 11 is 13.3. The van der Waals surface area contributed by atoms with E-state index in [4.69, 9.17) is 32.4 Å². The molecule has 4 nitrogen and oxygen atoms in total. The van der Waals surface area contributed by atoms with Crippen molar-refractivity contribution in [2.24, 2.45) is 5.92 Å². The third kappa shape index (κ3) is 6.91. The van der Waals surface area contributed by atoms with E-state index in [1.807, 2.05) is 42.5 Å². The largest absolute Gasteiger partial charge is 0.489 e. The molecule has 2 aromatic rings. The first-order valence-corrected chi connectivity index (χ1v) is 18.0. The quantitative estimate of drug-likeness (QED) is 0.240. The fraction of sp³-hybridized carbons (Fsp3) is 0.606. The Labute approximate surface area is 252 Å². The number of carbonyl (C=O) groups is 1. The molecule has 0 bridgehead atoms. The van der Waals surface area contributed by atoms with Crippen LogP contribution in [0.25, 0.3) is 0 Å². The maximum Gasteiger partial charge on any atom is 0.226 e. The summed E-state index contributed by atoms with van der Waals surface area (Å²) < 4.78 is 13.0. The summed E-state index contributed by atoms with van der Waals surface area (Å²) in [6.07, 6.45) is 5.87. The van der Waals surface area contributed by atoms with Gasteiger partial charge in [-0.2, -0.15) is 0 Å². The molecule has 1 aliphatic carbocycles. The van der Waals surface area contributed by atoms with Crippen molar-refractivity contribution in [3.63, 3.8) is 0 Å². The molecular formula is C33H47Cl2NO3Si. The van der Waals surface area contributed by atoms with Crippen molar-refractivity contribution >= 4 is 37.4 Å². The first kappa shape index (κ1) is 31.4. The van der Waals surface area contributed by atoms with Crippen LogP contribution in [0, 0.1) is 5.92 Å². The molecule has 0 radical (unpaired) electrons. The van der Waals surface area contributed by atoms with E-state index in [1.165, 1.54) is 0 Å². The highest BCUT2D eigenvalue weighted by molar-refractivity contribution is 6.77. The van der Waals surface area contributed by atoms with E-state index in [0.29, 0.717) is 57.6 Å². The minimum Gasteiger partial charge on any atom is -0.489 e. The summed E-state index contributed by atoms with van der Waals surface area (Å²) in [7, 11) is -1.89. The number of hydrogen-bond acceptors (Lipinski definition) is 3. The van der Waals surface area contributed by atoms with Gasteiger partial charge in [0, 0.05) is 34.7 Å². The fourth-order valence-corrected chi connectivity index (χ4v) is 13.6. The predicted octanol–water partition coefficient (Wildman–Crippen LogP) is 9.47. The number of amides is 1. The van der Waals surface area contributed by atoms with Gasteiger partial charge in [0.15, 0.2) is 0 Å². The van der Waals surface area contributed by atoms with Crippen molar-refractivity contribution in [3.8, 4) is 5.75 Å². The van der Waals surface area contributed by atoms with E-state index in [9.17, 15) is 4.79 Å². The molecule has 2 aromatic carbocycles. The molecule has 1 amide bonds. The molecule has 7 heteroatoms. The number of halogens is 2. The number of carbonyl (C=O) groups excluding carboxylic acids is 1. The number of rotatable bonds is 11. The summed E-state index contributed by atoms with van der Waals surface area (Å²) in [6, 6.07) is 13.9. The van der Waals surface area contributed by atoms with Crippen LogP contribution in [0.4, 0.5) is 0 Å². The Bertz CT molecular complexity index is 1090. The Morgan fingerprint density at radius 3 is 2.00 bits per heavy atom. The highest BCUT2D eigenvalue weighted by Crippen LogP contribution is 2.45. The summed E-state index contributed by atoms with van der Waals surface area (Å²) in [5.41, 5.74) is 3.69. The van der Waals surface area contributed by atoms with Crippen LogP contribution in [0.15, 0.2) is 42.5 Å². The Morgan fingerprint density at radius 2 is 1.45 bits per heavy atom. The molecular weight excluding hydrogens is 557 g/mol. The maximum atomic E-state index is 13.5. The van der Waals surface area contributed by atoms with Gasteiger partial charge in [0.2, 0.25) is 14.2 Å². The Hall–Kier alpha value is -1.53. The van der Waals surface area contributed by atoms with Crippen LogP contribution in [-0.4, -0.2) is 37.8 Å². The average molecular weight is 605 g/mol. The van der Waals surface area contributed by atoms with Crippen LogP contribution in [0.2, 0.25) is 26.7 Å². The molecule has 220 valence electrons. The lowest BCUT2D eigenvalue weighted by molar-refractivity contribution is -0.133. The number of benzene rings is 2. The zero-order valence-electron chi connectivity index (χ0n) is 25.1. The Balaban J connectivity index is 1.33. The molecule has 4 rings (SSSR count). The third-order valence-corrected chi connectivity index (χ3v) is 16.2. The minimum atomic E-state index is -1.89. The van der Waals surface area contributed by atoms with Crippen LogP contribution in [0.3, 0.4) is 0 Å². The zero-order valence-corrected chi connectivity index (χ0v) is 27.6. The van der Waals surface area contributed by atoms with E-state index >= 15 is 0 Å². The molecule has 1 heterocycles. The van der Waals surface area contributed by atoms with E-state index < -0.39 is 8.32 Å². The highest BCUT2D eigenvalue weighted by atomic mass is 35.5. The van der Waals surface area contributed by atoms with E-state index in [1.54, 1.807) is 0 Å². The average Bonchev–Trinajstić information content (AvgIpc) is 3.28. The van der Waals surface area contributed by atoms with Crippen LogP contribution in [0.5, 0.6) is 5.75 Å². The van der Waals surface area contributed by atoms with Crippen LogP contribution in [-0.2, 0) is 22.2 Å². The molecule has 0 spiro atoms. The fourth-order valence-electron chi connectivity index (χ4n) is 7.33. The molecule has 40 heavy (non-hydrogen) atoms. The van der Waals surface area contributed by atoms with E-state index in [2.05, 4.69) is 46.4 Å². The second-order valence-corrected chi connectivity index (χ2v) is 18.9. The van der Waals surface area contributed by atoms with Gasteiger partial charge in [0.05, 0.1) is 0 Å². The maximum absolute atomic E-state index is 13.5. The minimum absolute atomic E-state index is 0.0806. The van der Waals surface area contributed by atoms with Gasteiger partial charge >= 0.3 is 0 Å². The Kier molecular flexibility index (Phi) is 10.7. The number of ether oxygens (including phenoxy) is 1. The summed E-state index contributed by atoms with van der Waals surface area (Å²) in [4.78, 5) is 15.7. The van der Waals surface area contributed by atoms with Crippen molar-refractivity contribution < 1.29 is 14.0 Å².